The summed E-state index contributed by atoms with van der Waals surface area (Å²) >= 11 is 0. The summed E-state index contributed by atoms with van der Waals surface area (Å²) in [7, 11) is 0. The molecular weight excluding hydrogens is 162 g/mol. The lowest BCUT2D eigenvalue weighted by Gasteiger charge is -2.24. The van der Waals surface area contributed by atoms with E-state index in [2.05, 4.69) is 19.2 Å². The van der Waals surface area contributed by atoms with Gasteiger partial charge in [-0.3, -0.25) is 0 Å². The fraction of sp³-hybridized carbons (Fsp3) is 1.00. The normalized spacial score (nSPS) is 21.7. The van der Waals surface area contributed by atoms with Crippen LogP contribution in [-0.4, -0.2) is 25.8 Å². The summed E-state index contributed by atoms with van der Waals surface area (Å²) in [5.41, 5.74) is 0. The van der Waals surface area contributed by atoms with E-state index in [1.807, 2.05) is 0 Å². The van der Waals surface area contributed by atoms with E-state index in [9.17, 15) is 0 Å². The molecule has 78 valence electrons. The van der Waals surface area contributed by atoms with Gasteiger partial charge in [-0.05, 0) is 38.6 Å². The Morgan fingerprint density at radius 1 is 1.38 bits per heavy atom. The Morgan fingerprint density at radius 3 is 2.69 bits per heavy atom. The lowest BCUT2D eigenvalue weighted by molar-refractivity contribution is 0.0655. The van der Waals surface area contributed by atoms with Crippen LogP contribution in [0.25, 0.3) is 0 Å². The summed E-state index contributed by atoms with van der Waals surface area (Å²) < 4.78 is 5.33. The highest BCUT2D eigenvalue weighted by Gasteiger charge is 2.13. The number of hydrogen-bond donors (Lipinski definition) is 1. The molecule has 1 fully saturated rings. The van der Waals surface area contributed by atoms with Gasteiger partial charge in [-0.15, -0.1) is 0 Å². The molecule has 1 unspecified atom stereocenters. The Morgan fingerprint density at radius 2 is 2.08 bits per heavy atom. The second-order valence-corrected chi connectivity index (χ2v) is 4.15. The quantitative estimate of drug-likeness (QED) is 0.709. The summed E-state index contributed by atoms with van der Waals surface area (Å²) in [6.45, 7) is 7.64. The van der Waals surface area contributed by atoms with Gasteiger partial charge in [0.2, 0.25) is 0 Å². The average molecular weight is 185 g/mol. The highest BCUT2D eigenvalue weighted by Crippen LogP contribution is 2.13. The standard InChI is InChI=1S/C11H23NO/c1-3-4-10(2)12-9-11-5-7-13-8-6-11/h10-12H,3-9H2,1-2H3. The van der Waals surface area contributed by atoms with E-state index in [1.54, 1.807) is 0 Å². The van der Waals surface area contributed by atoms with Crippen LogP contribution in [0, 0.1) is 5.92 Å². The first-order valence-corrected chi connectivity index (χ1v) is 5.64. The van der Waals surface area contributed by atoms with Crippen molar-refractivity contribution in [2.75, 3.05) is 19.8 Å². The fourth-order valence-corrected chi connectivity index (χ4v) is 1.85. The van der Waals surface area contributed by atoms with Crippen molar-refractivity contribution >= 4 is 0 Å². The van der Waals surface area contributed by atoms with Gasteiger partial charge in [-0.1, -0.05) is 13.3 Å². The molecule has 0 aromatic rings. The molecule has 0 aromatic carbocycles. The molecule has 2 heteroatoms. The predicted molar refractivity (Wildman–Crippen MR) is 55.9 cm³/mol. The third-order valence-corrected chi connectivity index (χ3v) is 2.82. The van der Waals surface area contributed by atoms with E-state index in [0.29, 0.717) is 6.04 Å². The molecule has 1 heterocycles. The zero-order valence-electron chi connectivity index (χ0n) is 9.01. The Kier molecular flexibility index (Phi) is 5.40. The van der Waals surface area contributed by atoms with Crippen LogP contribution in [-0.2, 0) is 4.74 Å². The number of nitrogens with one attached hydrogen (secondary N) is 1. The molecule has 13 heavy (non-hydrogen) atoms. The van der Waals surface area contributed by atoms with Gasteiger partial charge in [-0.25, -0.2) is 0 Å². The van der Waals surface area contributed by atoms with Crippen LogP contribution in [0.4, 0.5) is 0 Å². The van der Waals surface area contributed by atoms with Crippen LogP contribution in [0.15, 0.2) is 0 Å². The van der Waals surface area contributed by atoms with Crippen molar-refractivity contribution in [3.05, 3.63) is 0 Å². The molecule has 1 rings (SSSR count). The number of ether oxygens (including phenoxy) is 1. The topological polar surface area (TPSA) is 21.3 Å². The maximum Gasteiger partial charge on any atom is 0.0469 e. The van der Waals surface area contributed by atoms with Gasteiger partial charge in [0.15, 0.2) is 0 Å². The van der Waals surface area contributed by atoms with E-state index in [1.165, 1.54) is 32.2 Å². The van der Waals surface area contributed by atoms with Crippen LogP contribution >= 0.6 is 0 Å². The molecule has 1 N–H and O–H groups in total. The second-order valence-electron chi connectivity index (χ2n) is 4.15. The van der Waals surface area contributed by atoms with Crippen molar-refractivity contribution < 1.29 is 4.74 Å². The van der Waals surface area contributed by atoms with Crippen molar-refractivity contribution in [3.63, 3.8) is 0 Å². The summed E-state index contributed by atoms with van der Waals surface area (Å²) in [6.07, 6.45) is 5.06. The van der Waals surface area contributed by atoms with Gasteiger partial charge in [-0.2, -0.15) is 0 Å². The smallest absolute Gasteiger partial charge is 0.0469 e. The Hall–Kier alpha value is -0.0800. The molecule has 0 aromatic heterocycles. The van der Waals surface area contributed by atoms with Crippen LogP contribution < -0.4 is 5.32 Å². The first kappa shape index (κ1) is 11.0. The van der Waals surface area contributed by atoms with E-state index in [-0.39, 0.29) is 0 Å². The van der Waals surface area contributed by atoms with Crippen LogP contribution in [0.1, 0.15) is 39.5 Å². The van der Waals surface area contributed by atoms with Gasteiger partial charge in [0.05, 0.1) is 0 Å². The minimum Gasteiger partial charge on any atom is -0.381 e. The Balaban J connectivity index is 2.03. The third-order valence-electron chi connectivity index (χ3n) is 2.82. The minimum absolute atomic E-state index is 0.688. The van der Waals surface area contributed by atoms with E-state index in [0.717, 1.165) is 19.1 Å². The van der Waals surface area contributed by atoms with E-state index >= 15 is 0 Å². The molecule has 0 amide bonds. The molecule has 2 nitrogen and oxygen atoms in total. The third kappa shape index (κ3) is 4.63. The van der Waals surface area contributed by atoms with Crippen LogP contribution in [0.2, 0.25) is 0 Å². The molecule has 0 bridgehead atoms. The molecule has 0 saturated carbocycles. The largest absolute Gasteiger partial charge is 0.381 e. The molecule has 1 saturated heterocycles. The Labute approximate surface area is 82.0 Å². The fourth-order valence-electron chi connectivity index (χ4n) is 1.85. The number of rotatable bonds is 5. The van der Waals surface area contributed by atoms with Crippen molar-refractivity contribution in [1.29, 1.82) is 0 Å². The summed E-state index contributed by atoms with van der Waals surface area (Å²) in [5, 5.41) is 3.60. The number of hydrogen-bond acceptors (Lipinski definition) is 2. The summed E-state index contributed by atoms with van der Waals surface area (Å²) in [4.78, 5) is 0. The Bertz CT molecular complexity index is 121. The zero-order chi connectivity index (χ0) is 9.52. The van der Waals surface area contributed by atoms with Crippen molar-refractivity contribution in [3.8, 4) is 0 Å². The minimum atomic E-state index is 0.688. The highest BCUT2D eigenvalue weighted by atomic mass is 16.5. The van der Waals surface area contributed by atoms with Gasteiger partial charge in [0, 0.05) is 19.3 Å². The molecule has 0 radical (unpaired) electrons. The molecule has 1 aliphatic rings. The van der Waals surface area contributed by atoms with Crippen LogP contribution in [0.3, 0.4) is 0 Å². The molecule has 1 aliphatic heterocycles. The van der Waals surface area contributed by atoms with Gasteiger partial charge in [0.25, 0.3) is 0 Å². The summed E-state index contributed by atoms with van der Waals surface area (Å²) in [5.74, 6) is 0.855. The van der Waals surface area contributed by atoms with Gasteiger partial charge >= 0.3 is 0 Å². The first-order chi connectivity index (χ1) is 6.33. The SMILES string of the molecule is CCCC(C)NCC1CCOCC1. The monoisotopic (exact) mass is 185 g/mol. The van der Waals surface area contributed by atoms with Gasteiger partial charge in [0.1, 0.15) is 0 Å². The molecular formula is C11H23NO. The predicted octanol–water partition coefficient (Wildman–Crippen LogP) is 2.19. The maximum atomic E-state index is 5.33. The summed E-state index contributed by atoms with van der Waals surface area (Å²) in [6, 6.07) is 0.688. The zero-order valence-corrected chi connectivity index (χ0v) is 9.01. The average Bonchev–Trinajstić information content (AvgIpc) is 2.17. The van der Waals surface area contributed by atoms with Crippen molar-refractivity contribution in [2.24, 2.45) is 5.92 Å². The van der Waals surface area contributed by atoms with E-state index in [4.69, 9.17) is 4.74 Å². The first-order valence-electron chi connectivity index (χ1n) is 5.64. The van der Waals surface area contributed by atoms with Crippen molar-refractivity contribution in [1.82, 2.24) is 5.32 Å². The van der Waals surface area contributed by atoms with Crippen molar-refractivity contribution in [2.45, 2.75) is 45.6 Å². The molecule has 0 aliphatic carbocycles. The molecule has 0 spiro atoms. The van der Waals surface area contributed by atoms with E-state index < -0.39 is 0 Å². The van der Waals surface area contributed by atoms with Crippen LogP contribution in [0.5, 0.6) is 0 Å². The lowest BCUT2D eigenvalue weighted by atomic mass is 10.00. The maximum absolute atomic E-state index is 5.33. The molecule has 1 atom stereocenters. The lowest BCUT2D eigenvalue weighted by Crippen LogP contribution is -2.33. The highest BCUT2D eigenvalue weighted by molar-refractivity contribution is 4.68. The van der Waals surface area contributed by atoms with Gasteiger partial charge < -0.3 is 10.1 Å². The second kappa shape index (κ2) is 6.39.